The van der Waals surface area contributed by atoms with Crippen LogP contribution in [0.5, 0.6) is 0 Å². The summed E-state index contributed by atoms with van der Waals surface area (Å²) in [6.45, 7) is 23.2. The fraction of sp³-hybridized carbons (Fsp3) is 0.400. The standard InChI is InChI=1S/6C5H7N2.6Cu.6H2O/c6*1-4-3-5(2)7-6-4;;;;;;;;;;;;/h6*3H,1-2H3;;;;;;;6*1H2/q6*-1;6*+2;;;;;;/p-6. The van der Waals surface area contributed by atoms with Crippen molar-refractivity contribution >= 4 is 0 Å². The minimum absolute atomic E-state index is 0. The van der Waals surface area contributed by atoms with Gasteiger partial charge in [-0.05, 0) is 41.5 Å². The van der Waals surface area contributed by atoms with Gasteiger partial charge in [0, 0.05) is 34.2 Å². The maximum atomic E-state index is 3.77. The minimum atomic E-state index is 0. The molecule has 0 aliphatic rings. The fourth-order valence-electron chi connectivity index (χ4n) is 3.11. The Kier molecular flexibility index (Phi) is 74.1. The Morgan fingerprint density at radius 1 is 0.241 bits per heavy atom. The summed E-state index contributed by atoms with van der Waals surface area (Å²) < 4.78 is 0. The first-order valence-electron chi connectivity index (χ1n) is 13.3. The van der Waals surface area contributed by atoms with Crippen LogP contribution in [-0.4, -0.2) is 63.4 Å². The SMILES string of the molecule is Cc1cc(C)[n-]n1.Cc1cc(C)[n-]n1.Cc1cc(C)[n-]n1.Cc1cc(C)[n-]n1.Cc1cc(C)[n-]n1.Cc1cc(C)[n-]n1.[Cu+2].[Cu+2].[Cu+2].[Cu+2].[Cu+2].[Cu+2].[OH-].[OH-].[OH-].[OH-].[OH-].[OH-]. The molecule has 6 aromatic rings. The normalized spacial score (nSPS) is 7.33. The van der Waals surface area contributed by atoms with Crippen molar-refractivity contribution in [3.05, 3.63) is 105 Å². The first-order valence-corrected chi connectivity index (χ1v) is 13.3. The van der Waals surface area contributed by atoms with Crippen LogP contribution >= 0.6 is 0 Å². The van der Waals surface area contributed by atoms with Crippen LogP contribution in [0.25, 0.3) is 0 Å². The molecular weight excluding hydrogens is 1010 g/mol. The summed E-state index contributed by atoms with van der Waals surface area (Å²) in [5.74, 6) is 0. The predicted octanol–water partition coefficient (Wildman–Crippen LogP) is 2.86. The zero-order valence-electron chi connectivity index (χ0n) is 31.3. The first-order chi connectivity index (χ1) is 19.7. The molecule has 6 aromatic heterocycles. The molecule has 0 saturated carbocycles. The Morgan fingerprint density at radius 3 is 0.352 bits per heavy atom. The Hall–Kier alpha value is -1.86. The summed E-state index contributed by atoms with van der Waals surface area (Å²) in [5.41, 5.74) is 12.0. The second-order valence-electron chi connectivity index (χ2n) is 9.76. The molecule has 0 saturated heterocycles. The summed E-state index contributed by atoms with van der Waals surface area (Å²) in [7, 11) is 0. The monoisotopic (exact) mass is 1050 g/mol. The van der Waals surface area contributed by atoms with Crippen molar-refractivity contribution < 1.29 is 135 Å². The smallest absolute Gasteiger partial charge is 0.870 e. The molecule has 0 aliphatic heterocycles. The predicted molar refractivity (Wildman–Crippen MR) is 174 cm³/mol. The zero-order chi connectivity index (χ0) is 31.7. The van der Waals surface area contributed by atoms with Gasteiger partial charge < -0.3 is 94.0 Å². The minimum Gasteiger partial charge on any atom is -0.870 e. The topological polar surface area (TPSA) is 342 Å². The molecular formula is C30H48Cu6N12O6. The molecule has 6 rings (SSSR count). The van der Waals surface area contributed by atoms with Crippen molar-refractivity contribution in [1.82, 2.24) is 61.2 Å². The van der Waals surface area contributed by atoms with Gasteiger partial charge in [0.25, 0.3) is 0 Å². The third-order valence-corrected chi connectivity index (χ3v) is 4.70. The number of aromatic nitrogens is 12. The van der Waals surface area contributed by atoms with Crippen molar-refractivity contribution in [2.45, 2.75) is 83.1 Å². The molecule has 0 aliphatic carbocycles. The van der Waals surface area contributed by atoms with E-state index in [-0.39, 0.29) is 135 Å². The molecule has 6 radical (unpaired) electrons. The quantitative estimate of drug-likeness (QED) is 0.197. The molecule has 24 heteroatoms. The van der Waals surface area contributed by atoms with Crippen LogP contribution in [0.3, 0.4) is 0 Å². The number of nitrogens with zero attached hydrogens (tertiary/aromatic N) is 12. The molecule has 0 bridgehead atoms. The molecule has 18 nitrogen and oxygen atoms in total. The maximum Gasteiger partial charge on any atom is 2.00 e. The maximum absolute atomic E-state index is 3.77. The summed E-state index contributed by atoms with van der Waals surface area (Å²) in [6, 6.07) is 11.7. The van der Waals surface area contributed by atoms with Crippen molar-refractivity contribution in [2.24, 2.45) is 0 Å². The van der Waals surface area contributed by atoms with E-state index in [0.717, 1.165) is 68.3 Å². The number of hydrogen-bond acceptors (Lipinski definition) is 12. The Balaban J connectivity index is -0.0000000375. The molecule has 54 heavy (non-hydrogen) atoms. The molecule has 0 amide bonds. The first kappa shape index (κ1) is 84.6. The molecule has 0 spiro atoms. The summed E-state index contributed by atoms with van der Waals surface area (Å²) in [5, 5.41) is 45.2. The second-order valence-corrected chi connectivity index (χ2v) is 9.76. The largest absolute Gasteiger partial charge is 2.00 e. The Morgan fingerprint density at radius 2 is 0.333 bits per heavy atom. The third kappa shape index (κ3) is 44.5. The van der Waals surface area contributed by atoms with Crippen molar-refractivity contribution in [3.63, 3.8) is 0 Å². The third-order valence-electron chi connectivity index (χ3n) is 4.70. The Labute approximate surface area is 381 Å². The van der Waals surface area contributed by atoms with E-state index < -0.39 is 0 Å². The van der Waals surface area contributed by atoms with Crippen LogP contribution in [0.15, 0.2) is 36.4 Å². The van der Waals surface area contributed by atoms with Gasteiger partial charge >= 0.3 is 102 Å². The molecule has 0 atom stereocenters. The van der Waals surface area contributed by atoms with Gasteiger partial charge in [0.1, 0.15) is 0 Å². The van der Waals surface area contributed by atoms with Crippen LogP contribution in [0.2, 0.25) is 0 Å². The average molecular weight is 1050 g/mol. The van der Waals surface area contributed by atoms with Crippen molar-refractivity contribution in [2.75, 3.05) is 0 Å². The van der Waals surface area contributed by atoms with Gasteiger partial charge in [-0.1, -0.05) is 77.9 Å². The molecule has 330 valence electrons. The van der Waals surface area contributed by atoms with E-state index in [9.17, 15) is 0 Å². The van der Waals surface area contributed by atoms with Crippen LogP contribution in [-0.2, 0) is 102 Å². The summed E-state index contributed by atoms with van der Waals surface area (Å²) in [4.78, 5) is 0. The summed E-state index contributed by atoms with van der Waals surface area (Å²) in [6.07, 6.45) is 0. The van der Waals surface area contributed by atoms with Crippen LogP contribution in [0.1, 0.15) is 68.3 Å². The number of hydrogen-bond donors (Lipinski definition) is 0. The van der Waals surface area contributed by atoms with Gasteiger partial charge in [0.05, 0.1) is 0 Å². The van der Waals surface area contributed by atoms with E-state index >= 15 is 0 Å². The van der Waals surface area contributed by atoms with Gasteiger partial charge in [0.15, 0.2) is 0 Å². The second kappa shape index (κ2) is 47.3. The van der Waals surface area contributed by atoms with E-state index in [4.69, 9.17) is 0 Å². The molecule has 0 aromatic carbocycles. The van der Waals surface area contributed by atoms with E-state index in [2.05, 4.69) is 61.2 Å². The van der Waals surface area contributed by atoms with Crippen LogP contribution in [0, 0.1) is 83.1 Å². The fourth-order valence-corrected chi connectivity index (χ4v) is 3.11. The van der Waals surface area contributed by atoms with Gasteiger partial charge in [-0.3, -0.25) is 0 Å². The van der Waals surface area contributed by atoms with Crippen LogP contribution in [0.4, 0.5) is 0 Å². The van der Waals surface area contributed by atoms with Crippen molar-refractivity contribution in [3.8, 4) is 0 Å². The van der Waals surface area contributed by atoms with E-state index in [1.807, 2.05) is 119 Å². The number of aryl methyl sites for hydroxylation is 12. The average Bonchev–Trinajstić information content (AvgIpc) is 3.76. The summed E-state index contributed by atoms with van der Waals surface area (Å²) >= 11 is 0. The van der Waals surface area contributed by atoms with Gasteiger partial charge in [-0.25, -0.2) is 0 Å². The molecule has 0 unspecified atom stereocenters. The zero-order valence-corrected chi connectivity index (χ0v) is 37.0. The number of rotatable bonds is 0. The van der Waals surface area contributed by atoms with Gasteiger partial charge in [-0.15, -0.1) is 34.2 Å². The molecule has 0 fully saturated rings. The van der Waals surface area contributed by atoms with Crippen molar-refractivity contribution in [1.29, 1.82) is 0 Å². The van der Waals surface area contributed by atoms with Gasteiger partial charge in [-0.2, -0.15) is 0 Å². The Bertz CT molecular complexity index is 1180. The van der Waals surface area contributed by atoms with E-state index in [1.165, 1.54) is 0 Å². The molecule has 6 N–H and O–H groups in total. The molecule has 6 heterocycles. The van der Waals surface area contributed by atoms with E-state index in [1.54, 1.807) is 0 Å². The van der Waals surface area contributed by atoms with Crippen LogP contribution < -0.4 is 30.6 Å². The van der Waals surface area contributed by atoms with Gasteiger partial charge in [0.2, 0.25) is 0 Å². The van der Waals surface area contributed by atoms with E-state index in [0.29, 0.717) is 0 Å².